The third-order valence-electron chi connectivity index (χ3n) is 2.69. The molecule has 0 aromatic carbocycles. The first-order chi connectivity index (χ1) is 7.92. The smallest absolute Gasteiger partial charge is 0.129 e. The van der Waals surface area contributed by atoms with Crippen molar-refractivity contribution in [2.75, 3.05) is 13.1 Å². The highest BCUT2D eigenvalue weighted by Crippen LogP contribution is 2.32. The van der Waals surface area contributed by atoms with Crippen LogP contribution in [0.25, 0.3) is 0 Å². The molecule has 1 N–H and O–H groups in total. The highest BCUT2D eigenvalue weighted by molar-refractivity contribution is 9.11. The van der Waals surface area contributed by atoms with Gasteiger partial charge in [0, 0.05) is 23.3 Å². The fourth-order valence-electron chi connectivity index (χ4n) is 1.63. The van der Waals surface area contributed by atoms with Crippen molar-refractivity contribution in [3.63, 3.8) is 0 Å². The zero-order valence-corrected chi connectivity index (χ0v) is 13.1. The maximum Gasteiger partial charge on any atom is 0.129 e. The molecule has 0 unspecified atom stereocenters. The van der Waals surface area contributed by atoms with E-state index in [4.69, 9.17) is 0 Å². The number of nitrogens with one attached hydrogen (secondary N) is 1. The van der Waals surface area contributed by atoms with E-state index in [1.54, 1.807) is 18.3 Å². The third kappa shape index (κ3) is 5.32. The maximum atomic E-state index is 10.8. The van der Waals surface area contributed by atoms with E-state index in [0.29, 0.717) is 6.42 Å². The molecule has 1 aromatic rings. The zero-order chi connectivity index (χ0) is 12.9. The Kier molecular flexibility index (Phi) is 5.83. The second-order valence-corrected chi connectivity index (χ2v) is 7.43. The van der Waals surface area contributed by atoms with Crippen LogP contribution in [0.4, 0.5) is 0 Å². The van der Waals surface area contributed by atoms with E-state index in [1.807, 2.05) is 0 Å². The molecule has 0 saturated carbocycles. The average Bonchev–Trinajstić information content (AvgIpc) is 2.64. The van der Waals surface area contributed by atoms with Crippen LogP contribution >= 0.6 is 27.3 Å². The lowest BCUT2D eigenvalue weighted by Gasteiger charge is -2.23. The lowest BCUT2D eigenvalue weighted by molar-refractivity contribution is -0.117. The van der Waals surface area contributed by atoms with Gasteiger partial charge in [-0.25, -0.2) is 0 Å². The van der Waals surface area contributed by atoms with Crippen LogP contribution in [0.1, 0.15) is 38.5 Å². The van der Waals surface area contributed by atoms with Gasteiger partial charge in [-0.05, 0) is 48.0 Å². The van der Waals surface area contributed by atoms with Gasteiger partial charge in [0.05, 0.1) is 3.79 Å². The molecule has 0 aliphatic carbocycles. The van der Waals surface area contributed by atoms with E-state index in [1.165, 1.54) is 8.66 Å². The van der Waals surface area contributed by atoms with Crippen LogP contribution < -0.4 is 5.32 Å². The van der Waals surface area contributed by atoms with Crippen LogP contribution in [0, 0.1) is 0 Å². The molecule has 0 bridgehead atoms. The molecular weight excluding hydrogens is 298 g/mol. The molecule has 17 heavy (non-hydrogen) atoms. The summed E-state index contributed by atoms with van der Waals surface area (Å²) in [6.07, 6.45) is 1.61. The lowest BCUT2D eigenvalue weighted by atomic mass is 9.91. The van der Waals surface area contributed by atoms with Gasteiger partial charge in [-0.1, -0.05) is 13.8 Å². The molecule has 2 nitrogen and oxygen atoms in total. The predicted molar refractivity (Wildman–Crippen MR) is 77.8 cm³/mol. The summed E-state index contributed by atoms with van der Waals surface area (Å²) in [6.45, 7) is 7.98. The van der Waals surface area contributed by atoms with Crippen molar-refractivity contribution in [2.45, 2.75) is 39.0 Å². The minimum Gasteiger partial charge on any atom is -0.316 e. The number of thiophene rings is 1. The highest BCUT2D eigenvalue weighted by Gasteiger charge is 2.21. The van der Waals surface area contributed by atoms with Crippen molar-refractivity contribution in [1.29, 1.82) is 0 Å². The number of hydrogen-bond donors (Lipinski definition) is 1. The van der Waals surface area contributed by atoms with Crippen molar-refractivity contribution in [3.05, 3.63) is 20.8 Å². The second-order valence-electron chi connectivity index (χ2n) is 4.97. The molecule has 1 rings (SSSR count). The largest absolute Gasteiger partial charge is 0.316 e. The fourth-order valence-corrected chi connectivity index (χ4v) is 3.11. The second kappa shape index (κ2) is 6.66. The lowest BCUT2D eigenvalue weighted by Crippen LogP contribution is -2.32. The van der Waals surface area contributed by atoms with Crippen molar-refractivity contribution in [3.8, 4) is 0 Å². The molecule has 1 aromatic heterocycles. The van der Waals surface area contributed by atoms with Crippen LogP contribution in [0.2, 0.25) is 0 Å². The Bertz CT molecular complexity index is 373. The molecule has 0 amide bonds. The SMILES string of the molecule is CC(=O)CCCNCC(C)(C)c1ccc(Br)s1. The Hall–Kier alpha value is -0.190. The van der Waals surface area contributed by atoms with Crippen molar-refractivity contribution >= 4 is 33.0 Å². The highest BCUT2D eigenvalue weighted by atomic mass is 79.9. The minimum absolute atomic E-state index is 0.146. The quantitative estimate of drug-likeness (QED) is 0.776. The Morgan fingerprint density at radius 3 is 2.71 bits per heavy atom. The van der Waals surface area contributed by atoms with Crippen LogP contribution in [0.15, 0.2) is 15.9 Å². The van der Waals surface area contributed by atoms with E-state index in [9.17, 15) is 4.79 Å². The van der Waals surface area contributed by atoms with Gasteiger partial charge in [0.15, 0.2) is 0 Å². The molecule has 4 heteroatoms. The molecule has 0 saturated heterocycles. The summed E-state index contributed by atoms with van der Waals surface area (Å²) in [7, 11) is 0. The Morgan fingerprint density at radius 1 is 1.47 bits per heavy atom. The Morgan fingerprint density at radius 2 is 2.18 bits per heavy atom. The number of rotatable bonds is 7. The first kappa shape index (κ1) is 14.9. The van der Waals surface area contributed by atoms with E-state index < -0.39 is 0 Å². The molecular formula is C13H20BrNOS. The topological polar surface area (TPSA) is 29.1 Å². The van der Waals surface area contributed by atoms with Gasteiger partial charge < -0.3 is 10.1 Å². The van der Waals surface area contributed by atoms with Crippen molar-refractivity contribution < 1.29 is 4.79 Å². The standard InChI is InChI=1S/C13H20BrNOS/c1-10(16)5-4-8-15-9-13(2,3)11-6-7-12(14)17-11/h6-7,15H,4-5,8-9H2,1-3H3. The summed E-state index contributed by atoms with van der Waals surface area (Å²) in [5.74, 6) is 0.272. The molecule has 0 aliphatic rings. The summed E-state index contributed by atoms with van der Waals surface area (Å²) in [4.78, 5) is 12.2. The normalized spacial score (nSPS) is 11.8. The van der Waals surface area contributed by atoms with Crippen molar-refractivity contribution in [2.24, 2.45) is 0 Å². The number of hydrogen-bond acceptors (Lipinski definition) is 3. The van der Waals surface area contributed by atoms with Crippen LogP contribution in [-0.2, 0) is 10.2 Å². The van der Waals surface area contributed by atoms with Crippen molar-refractivity contribution in [1.82, 2.24) is 5.32 Å². The predicted octanol–water partition coefficient (Wildman–Crippen LogP) is 3.75. The minimum atomic E-state index is 0.146. The Balaban J connectivity index is 2.32. The molecule has 0 spiro atoms. The first-order valence-electron chi connectivity index (χ1n) is 5.88. The summed E-state index contributed by atoms with van der Waals surface area (Å²) < 4.78 is 1.18. The molecule has 0 atom stereocenters. The third-order valence-corrected chi connectivity index (χ3v) is 4.68. The van der Waals surface area contributed by atoms with Crippen LogP contribution in [0.5, 0.6) is 0 Å². The summed E-state index contributed by atoms with van der Waals surface area (Å²) >= 11 is 5.28. The molecule has 0 radical (unpaired) electrons. The van der Waals surface area contributed by atoms with Gasteiger partial charge in [0.2, 0.25) is 0 Å². The Labute approximate surface area is 116 Å². The van der Waals surface area contributed by atoms with Gasteiger partial charge in [-0.2, -0.15) is 0 Å². The van der Waals surface area contributed by atoms with Crippen LogP contribution in [-0.4, -0.2) is 18.9 Å². The summed E-state index contributed by atoms with van der Waals surface area (Å²) in [6, 6.07) is 4.27. The monoisotopic (exact) mass is 317 g/mol. The average molecular weight is 318 g/mol. The van der Waals surface area contributed by atoms with Gasteiger partial charge in [-0.3, -0.25) is 0 Å². The summed E-state index contributed by atoms with van der Waals surface area (Å²) in [5, 5.41) is 3.43. The van der Waals surface area contributed by atoms with E-state index in [0.717, 1.165) is 19.5 Å². The number of carbonyl (C=O) groups is 1. The fraction of sp³-hybridized carbons (Fsp3) is 0.615. The van der Waals surface area contributed by atoms with Gasteiger partial charge >= 0.3 is 0 Å². The first-order valence-corrected chi connectivity index (χ1v) is 7.49. The van der Waals surface area contributed by atoms with Gasteiger partial charge in [0.1, 0.15) is 5.78 Å². The van der Waals surface area contributed by atoms with Gasteiger partial charge in [0.25, 0.3) is 0 Å². The maximum absolute atomic E-state index is 10.8. The number of ketones is 1. The zero-order valence-electron chi connectivity index (χ0n) is 10.7. The van der Waals surface area contributed by atoms with E-state index >= 15 is 0 Å². The summed E-state index contributed by atoms with van der Waals surface area (Å²) in [5.41, 5.74) is 0.146. The van der Waals surface area contributed by atoms with Gasteiger partial charge in [-0.15, -0.1) is 11.3 Å². The molecule has 0 fully saturated rings. The molecule has 0 aliphatic heterocycles. The number of carbonyl (C=O) groups excluding carboxylic acids is 1. The molecule has 96 valence electrons. The molecule has 1 heterocycles. The number of Topliss-reactive ketones (excluding diaryl/α,β-unsaturated/α-hetero) is 1. The van der Waals surface area contributed by atoms with E-state index in [-0.39, 0.29) is 11.2 Å². The van der Waals surface area contributed by atoms with Crippen LogP contribution in [0.3, 0.4) is 0 Å². The number of halogens is 1. The van der Waals surface area contributed by atoms with E-state index in [2.05, 4.69) is 47.2 Å².